The number of aromatic nitrogens is 4. The monoisotopic (exact) mass is 436 g/mol. The van der Waals surface area contributed by atoms with Gasteiger partial charge in [0.25, 0.3) is 11.7 Å². The second-order valence-corrected chi connectivity index (χ2v) is 7.56. The summed E-state index contributed by atoms with van der Waals surface area (Å²) in [6.07, 6.45) is -0.0579. The summed E-state index contributed by atoms with van der Waals surface area (Å²) in [7, 11) is 0. The molecular weight excluding hydrogens is 415 g/mol. The number of amides is 1. The smallest absolute Gasteiger partial charge is 0.273 e. The van der Waals surface area contributed by atoms with Crippen molar-refractivity contribution < 1.29 is 19.0 Å². The molecule has 32 heavy (non-hydrogen) atoms. The van der Waals surface area contributed by atoms with Crippen LogP contribution in [-0.2, 0) is 6.54 Å². The van der Waals surface area contributed by atoms with Gasteiger partial charge in [-0.3, -0.25) is 4.79 Å². The third kappa shape index (κ3) is 5.07. The van der Waals surface area contributed by atoms with Gasteiger partial charge in [0.2, 0.25) is 0 Å². The first kappa shape index (κ1) is 21.4. The fourth-order valence-electron chi connectivity index (χ4n) is 3.63. The number of halogens is 1. The third-order valence-electron chi connectivity index (χ3n) is 5.29. The van der Waals surface area contributed by atoms with E-state index in [-0.39, 0.29) is 36.6 Å². The van der Waals surface area contributed by atoms with Gasteiger partial charge >= 0.3 is 0 Å². The van der Waals surface area contributed by atoms with E-state index in [1.807, 2.05) is 0 Å². The Morgan fingerprint density at radius 1 is 1.25 bits per heavy atom. The van der Waals surface area contributed by atoms with E-state index in [1.54, 1.807) is 47.4 Å². The van der Waals surface area contributed by atoms with Crippen LogP contribution < -0.4 is 4.74 Å². The molecule has 9 nitrogen and oxygen atoms in total. The van der Waals surface area contributed by atoms with Crippen LogP contribution in [0.2, 0.25) is 0 Å². The number of carbonyl (C=O) groups excluding carboxylic acids is 1. The first-order valence-corrected chi connectivity index (χ1v) is 10.2. The van der Waals surface area contributed by atoms with Crippen molar-refractivity contribution in [1.29, 1.82) is 5.26 Å². The normalized spacial score (nSPS) is 16.5. The molecule has 10 heteroatoms. The summed E-state index contributed by atoms with van der Waals surface area (Å²) in [5.74, 6) is 0.313. The number of hydrogen-bond donors (Lipinski definition) is 1. The lowest BCUT2D eigenvalue weighted by Crippen LogP contribution is -2.28. The van der Waals surface area contributed by atoms with Crippen molar-refractivity contribution in [2.75, 3.05) is 19.7 Å². The predicted molar refractivity (Wildman–Crippen MR) is 110 cm³/mol. The van der Waals surface area contributed by atoms with Crippen molar-refractivity contribution in [1.82, 2.24) is 25.1 Å². The number of nitriles is 1. The van der Waals surface area contributed by atoms with Crippen LogP contribution in [0.25, 0.3) is 0 Å². The summed E-state index contributed by atoms with van der Waals surface area (Å²) in [6, 6.07) is 14.9. The fraction of sp³-hybridized carbons (Fsp3) is 0.318. The highest BCUT2D eigenvalue weighted by atomic mass is 19.1. The van der Waals surface area contributed by atoms with E-state index < -0.39 is 6.10 Å². The molecule has 1 aliphatic rings. The van der Waals surface area contributed by atoms with Gasteiger partial charge in [-0.15, -0.1) is 5.10 Å². The fourth-order valence-corrected chi connectivity index (χ4v) is 3.63. The maximum atomic E-state index is 13.1. The van der Waals surface area contributed by atoms with E-state index in [0.29, 0.717) is 24.4 Å². The van der Waals surface area contributed by atoms with Crippen LogP contribution in [0.15, 0.2) is 48.5 Å². The van der Waals surface area contributed by atoms with Gasteiger partial charge in [-0.2, -0.15) is 10.1 Å². The molecule has 1 N–H and O–H groups in total. The minimum Gasteiger partial charge on any atom is -0.491 e. The second kappa shape index (κ2) is 9.53. The lowest BCUT2D eigenvalue weighted by molar-refractivity contribution is 0.0788. The molecular formula is C22H21FN6O3. The van der Waals surface area contributed by atoms with Crippen LogP contribution in [0.3, 0.4) is 0 Å². The summed E-state index contributed by atoms with van der Waals surface area (Å²) < 4.78 is 18.7. The van der Waals surface area contributed by atoms with E-state index in [0.717, 1.165) is 16.8 Å². The molecule has 0 aliphatic carbocycles. The minimum absolute atomic E-state index is 0.0117. The van der Waals surface area contributed by atoms with Gasteiger partial charge in [-0.05, 0) is 53.6 Å². The predicted octanol–water partition coefficient (Wildman–Crippen LogP) is 1.75. The van der Waals surface area contributed by atoms with Crippen molar-refractivity contribution in [2.24, 2.45) is 0 Å². The van der Waals surface area contributed by atoms with Crippen LogP contribution in [0.4, 0.5) is 4.39 Å². The number of benzene rings is 2. The molecule has 0 saturated carbocycles. The molecule has 1 fully saturated rings. The highest BCUT2D eigenvalue weighted by Gasteiger charge is 2.28. The summed E-state index contributed by atoms with van der Waals surface area (Å²) in [6.45, 7) is 1.27. The second-order valence-electron chi connectivity index (χ2n) is 7.56. The number of hydrogen-bond acceptors (Lipinski definition) is 7. The highest BCUT2D eigenvalue weighted by molar-refractivity contribution is 5.94. The Hall–Kier alpha value is -3.84. The maximum absolute atomic E-state index is 13.1. The molecule has 1 aliphatic heterocycles. The van der Waals surface area contributed by atoms with Gasteiger partial charge < -0.3 is 14.7 Å². The van der Waals surface area contributed by atoms with Crippen LogP contribution in [-0.4, -0.2) is 61.9 Å². The molecule has 3 aromatic rings. The van der Waals surface area contributed by atoms with Crippen molar-refractivity contribution >= 4 is 5.91 Å². The quantitative estimate of drug-likeness (QED) is 0.600. The maximum Gasteiger partial charge on any atom is 0.273 e. The number of nitrogens with zero attached hydrogens (tertiary/aromatic N) is 6. The molecule has 2 aromatic carbocycles. The minimum atomic E-state index is -0.898. The molecule has 0 bridgehead atoms. The Balaban J connectivity index is 1.28. The number of tetrazole rings is 1. The Morgan fingerprint density at radius 3 is 2.69 bits per heavy atom. The van der Waals surface area contributed by atoms with Crippen LogP contribution in [0.5, 0.6) is 5.75 Å². The van der Waals surface area contributed by atoms with E-state index in [4.69, 9.17) is 10.00 Å². The lowest BCUT2D eigenvalue weighted by atomic mass is 9.99. The lowest BCUT2D eigenvalue weighted by Gasteiger charge is -2.17. The molecule has 2 atom stereocenters. The van der Waals surface area contributed by atoms with Gasteiger partial charge in [0.05, 0.1) is 6.54 Å². The SMILES string of the molecule is N#Cc1nnn(CC(O)COc2ccc(C(=O)N3CC[C@H](c4ccc(F)cc4)C3)cc2)n1. The number of aliphatic hydroxyl groups is 1. The summed E-state index contributed by atoms with van der Waals surface area (Å²) in [5.41, 5.74) is 1.59. The standard InChI is InChI=1S/C22H21FN6O3/c23-18-5-1-15(2-6-18)17-9-10-28(12-17)22(31)16-3-7-20(8-4-16)32-14-19(30)13-29-26-21(11-24)25-27-29/h1-8,17,19,30H,9-10,12-14H2/t17-,19?/m0/s1. The van der Waals surface area contributed by atoms with E-state index in [9.17, 15) is 14.3 Å². The largest absolute Gasteiger partial charge is 0.491 e. The molecule has 0 spiro atoms. The molecule has 1 amide bonds. The average molecular weight is 436 g/mol. The molecule has 0 radical (unpaired) electrons. The van der Waals surface area contributed by atoms with Crippen LogP contribution in [0, 0.1) is 17.1 Å². The first-order valence-electron chi connectivity index (χ1n) is 10.2. The van der Waals surface area contributed by atoms with Crippen molar-refractivity contribution in [2.45, 2.75) is 25.0 Å². The molecule has 4 rings (SSSR count). The Labute approximate surface area is 183 Å². The number of ether oxygens (including phenoxy) is 1. The summed E-state index contributed by atoms with van der Waals surface area (Å²) in [5, 5.41) is 29.7. The van der Waals surface area contributed by atoms with E-state index >= 15 is 0 Å². The van der Waals surface area contributed by atoms with Crippen LogP contribution in [0.1, 0.15) is 34.1 Å². The zero-order valence-electron chi connectivity index (χ0n) is 17.1. The molecule has 2 heterocycles. The first-order chi connectivity index (χ1) is 15.5. The van der Waals surface area contributed by atoms with Crippen molar-refractivity contribution in [3.8, 4) is 11.8 Å². The van der Waals surface area contributed by atoms with Gasteiger partial charge in [0.15, 0.2) is 0 Å². The Morgan fingerprint density at radius 2 is 2.00 bits per heavy atom. The molecule has 1 aromatic heterocycles. The molecule has 1 saturated heterocycles. The highest BCUT2D eigenvalue weighted by Crippen LogP contribution is 2.28. The van der Waals surface area contributed by atoms with Crippen LogP contribution >= 0.6 is 0 Å². The number of rotatable bonds is 7. The van der Waals surface area contributed by atoms with E-state index in [2.05, 4.69) is 15.4 Å². The van der Waals surface area contributed by atoms with E-state index in [1.165, 1.54) is 12.1 Å². The topological polar surface area (TPSA) is 117 Å². The number of likely N-dealkylation sites (tertiary alicyclic amines) is 1. The van der Waals surface area contributed by atoms with Gasteiger partial charge in [0, 0.05) is 24.6 Å². The summed E-state index contributed by atoms with van der Waals surface area (Å²) in [4.78, 5) is 15.8. The number of aliphatic hydroxyl groups excluding tert-OH is 1. The zero-order chi connectivity index (χ0) is 22.5. The van der Waals surface area contributed by atoms with Crippen molar-refractivity contribution in [3.05, 3.63) is 71.3 Å². The van der Waals surface area contributed by atoms with Gasteiger partial charge in [0.1, 0.15) is 30.3 Å². The third-order valence-corrected chi connectivity index (χ3v) is 5.29. The number of carbonyl (C=O) groups is 1. The Bertz CT molecular complexity index is 1110. The summed E-state index contributed by atoms with van der Waals surface area (Å²) >= 11 is 0. The van der Waals surface area contributed by atoms with Gasteiger partial charge in [-0.1, -0.05) is 17.2 Å². The van der Waals surface area contributed by atoms with Crippen molar-refractivity contribution in [3.63, 3.8) is 0 Å². The van der Waals surface area contributed by atoms with Gasteiger partial charge in [-0.25, -0.2) is 4.39 Å². The average Bonchev–Trinajstić information content (AvgIpc) is 3.48. The molecule has 164 valence electrons. The Kier molecular flexibility index (Phi) is 6.37. The molecule has 1 unspecified atom stereocenters. The zero-order valence-corrected chi connectivity index (χ0v) is 17.1.